The van der Waals surface area contributed by atoms with Crippen LogP contribution in [0.2, 0.25) is 0 Å². The summed E-state index contributed by atoms with van der Waals surface area (Å²) >= 11 is 0. The first-order chi connectivity index (χ1) is 8.33. The number of rotatable bonds is 2. The number of nitrogens with zero attached hydrogens (tertiary/aromatic N) is 2. The van der Waals surface area contributed by atoms with E-state index < -0.39 is 0 Å². The van der Waals surface area contributed by atoms with Gasteiger partial charge in [-0.25, -0.2) is 9.79 Å². The third-order valence-electron chi connectivity index (χ3n) is 3.06. The lowest BCUT2D eigenvalue weighted by atomic mass is 9.85. The Bertz CT molecular complexity index is 501. The number of carbonyl (C=O) groups excluding carboxylic acids is 1. The van der Waals surface area contributed by atoms with Crippen LogP contribution in [0, 0.1) is 5.92 Å². The van der Waals surface area contributed by atoms with Gasteiger partial charge in [0, 0.05) is 12.1 Å². The molecule has 0 aromatic carbocycles. The fraction of sp³-hybridized carbons (Fsp3) is 0.308. The van der Waals surface area contributed by atoms with E-state index >= 15 is 0 Å². The molecule has 17 heavy (non-hydrogen) atoms. The average molecular weight is 228 g/mol. The molecule has 0 spiro atoms. The number of pyridine rings is 1. The molecule has 1 aromatic heterocycles. The van der Waals surface area contributed by atoms with Crippen LogP contribution in [0.4, 0.5) is 0 Å². The molecule has 0 atom stereocenters. The highest BCUT2D eigenvalue weighted by molar-refractivity contribution is 6.07. The first-order valence-corrected chi connectivity index (χ1v) is 5.76. The van der Waals surface area contributed by atoms with Crippen molar-refractivity contribution in [1.29, 1.82) is 0 Å². The molecular weight excluding hydrogens is 216 g/mol. The fourth-order valence-electron chi connectivity index (χ4n) is 1.86. The number of carbonyl (C=O) groups is 1. The minimum absolute atomic E-state index is 0.341. The van der Waals surface area contributed by atoms with Crippen molar-refractivity contribution in [3.63, 3.8) is 0 Å². The Morgan fingerprint density at radius 2 is 2.24 bits per heavy atom. The van der Waals surface area contributed by atoms with Crippen molar-refractivity contribution in [2.24, 2.45) is 10.9 Å². The molecule has 86 valence electrons. The van der Waals surface area contributed by atoms with Gasteiger partial charge >= 0.3 is 5.97 Å². The van der Waals surface area contributed by atoms with E-state index in [1.54, 1.807) is 12.3 Å². The first kappa shape index (κ1) is 10.2. The molecular formula is C13H12N2O2. The summed E-state index contributed by atoms with van der Waals surface area (Å²) in [5, 5.41) is 0. The molecule has 4 nitrogen and oxygen atoms in total. The summed E-state index contributed by atoms with van der Waals surface area (Å²) in [5.41, 5.74) is 1.07. The zero-order valence-electron chi connectivity index (χ0n) is 9.30. The first-order valence-electron chi connectivity index (χ1n) is 5.76. The molecule has 4 heteroatoms. The number of aromatic nitrogens is 1. The Labute approximate surface area is 99.0 Å². The SMILES string of the molecule is O=C1OC(C2CCC2)=N/C1=C/c1ccccn1. The van der Waals surface area contributed by atoms with Crippen molar-refractivity contribution in [3.8, 4) is 0 Å². The summed E-state index contributed by atoms with van der Waals surface area (Å²) in [6.07, 6.45) is 6.68. The monoisotopic (exact) mass is 228 g/mol. The second-order valence-electron chi connectivity index (χ2n) is 4.25. The van der Waals surface area contributed by atoms with E-state index in [0.717, 1.165) is 18.5 Å². The maximum absolute atomic E-state index is 11.6. The van der Waals surface area contributed by atoms with Gasteiger partial charge in [0.2, 0.25) is 5.90 Å². The number of esters is 1. The summed E-state index contributed by atoms with van der Waals surface area (Å²) in [4.78, 5) is 20.0. The topological polar surface area (TPSA) is 51.5 Å². The third-order valence-corrected chi connectivity index (χ3v) is 3.06. The van der Waals surface area contributed by atoms with E-state index in [-0.39, 0.29) is 5.97 Å². The molecule has 1 saturated carbocycles. The molecule has 0 bridgehead atoms. The molecule has 2 aliphatic rings. The molecule has 1 fully saturated rings. The number of aliphatic imine (C=N–C) groups is 1. The number of hydrogen-bond acceptors (Lipinski definition) is 4. The lowest BCUT2D eigenvalue weighted by molar-refractivity contribution is -0.130. The third kappa shape index (κ3) is 1.98. The molecule has 1 aliphatic carbocycles. The minimum atomic E-state index is -0.363. The van der Waals surface area contributed by atoms with Gasteiger partial charge in [0.15, 0.2) is 5.70 Å². The largest absolute Gasteiger partial charge is 0.406 e. The number of ether oxygens (including phenoxy) is 1. The zero-order chi connectivity index (χ0) is 11.7. The minimum Gasteiger partial charge on any atom is -0.406 e. The summed E-state index contributed by atoms with van der Waals surface area (Å²) in [6.45, 7) is 0. The summed E-state index contributed by atoms with van der Waals surface area (Å²) in [7, 11) is 0. The quantitative estimate of drug-likeness (QED) is 0.575. The molecule has 0 amide bonds. The van der Waals surface area contributed by atoms with Gasteiger partial charge in [-0.3, -0.25) is 4.98 Å². The van der Waals surface area contributed by atoms with Gasteiger partial charge in [-0.05, 0) is 31.1 Å². The van der Waals surface area contributed by atoms with Crippen LogP contribution in [0.15, 0.2) is 35.1 Å². The van der Waals surface area contributed by atoms with Crippen molar-refractivity contribution in [3.05, 3.63) is 35.8 Å². The van der Waals surface area contributed by atoms with E-state index in [1.807, 2.05) is 18.2 Å². The Morgan fingerprint density at radius 1 is 1.35 bits per heavy atom. The van der Waals surface area contributed by atoms with Gasteiger partial charge in [0.25, 0.3) is 0 Å². The Kier molecular flexibility index (Phi) is 2.48. The van der Waals surface area contributed by atoms with Gasteiger partial charge in [-0.1, -0.05) is 12.5 Å². The van der Waals surface area contributed by atoms with E-state index in [2.05, 4.69) is 9.98 Å². The van der Waals surface area contributed by atoms with Crippen molar-refractivity contribution in [2.45, 2.75) is 19.3 Å². The van der Waals surface area contributed by atoms with Crippen LogP contribution in [-0.2, 0) is 9.53 Å². The van der Waals surface area contributed by atoms with E-state index in [1.165, 1.54) is 6.42 Å². The van der Waals surface area contributed by atoms with Crippen LogP contribution in [0.1, 0.15) is 25.0 Å². The Balaban J connectivity index is 1.85. The number of cyclic esters (lactones) is 1. The molecule has 1 aromatic rings. The van der Waals surface area contributed by atoms with Gasteiger partial charge in [-0.15, -0.1) is 0 Å². The van der Waals surface area contributed by atoms with Crippen LogP contribution < -0.4 is 0 Å². The molecule has 2 heterocycles. The fourth-order valence-corrected chi connectivity index (χ4v) is 1.86. The zero-order valence-corrected chi connectivity index (χ0v) is 9.30. The van der Waals surface area contributed by atoms with Crippen molar-refractivity contribution in [2.75, 3.05) is 0 Å². The van der Waals surface area contributed by atoms with Crippen molar-refractivity contribution in [1.82, 2.24) is 4.98 Å². The normalized spacial score (nSPS) is 22.2. The van der Waals surface area contributed by atoms with Crippen molar-refractivity contribution >= 4 is 17.9 Å². The summed E-state index contributed by atoms with van der Waals surface area (Å²) < 4.78 is 5.17. The lowest BCUT2D eigenvalue weighted by Gasteiger charge is -2.23. The smallest absolute Gasteiger partial charge is 0.363 e. The highest BCUT2D eigenvalue weighted by Crippen LogP contribution is 2.31. The predicted octanol–water partition coefficient (Wildman–Crippen LogP) is 2.18. The standard InChI is InChI=1S/C13H12N2O2/c16-13-11(8-10-6-1-2-7-14-10)15-12(17-13)9-4-3-5-9/h1-2,6-9H,3-5H2/b11-8+. The van der Waals surface area contributed by atoms with Crippen LogP contribution in [0.5, 0.6) is 0 Å². The van der Waals surface area contributed by atoms with Gasteiger partial charge in [-0.2, -0.15) is 0 Å². The Morgan fingerprint density at radius 3 is 2.88 bits per heavy atom. The molecule has 0 unspecified atom stereocenters. The maximum atomic E-state index is 11.6. The second kappa shape index (κ2) is 4.13. The molecule has 1 aliphatic heterocycles. The molecule has 0 saturated heterocycles. The number of hydrogen-bond donors (Lipinski definition) is 0. The van der Waals surface area contributed by atoms with Gasteiger partial charge < -0.3 is 4.74 Å². The van der Waals surface area contributed by atoms with Gasteiger partial charge in [0.1, 0.15) is 0 Å². The van der Waals surface area contributed by atoms with E-state index in [0.29, 0.717) is 17.5 Å². The lowest BCUT2D eigenvalue weighted by Crippen LogP contribution is -2.22. The van der Waals surface area contributed by atoms with Crippen LogP contribution >= 0.6 is 0 Å². The highest BCUT2D eigenvalue weighted by atomic mass is 16.6. The predicted molar refractivity (Wildman–Crippen MR) is 63.1 cm³/mol. The second-order valence-corrected chi connectivity index (χ2v) is 4.25. The molecule has 0 radical (unpaired) electrons. The molecule has 3 rings (SSSR count). The van der Waals surface area contributed by atoms with Crippen molar-refractivity contribution < 1.29 is 9.53 Å². The van der Waals surface area contributed by atoms with E-state index in [4.69, 9.17) is 4.74 Å². The molecule has 0 N–H and O–H groups in total. The summed E-state index contributed by atoms with van der Waals surface area (Å²) in [6, 6.07) is 5.53. The van der Waals surface area contributed by atoms with Crippen LogP contribution in [-0.4, -0.2) is 16.9 Å². The highest BCUT2D eigenvalue weighted by Gasteiger charge is 2.32. The van der Waals surface area contributed by atoms with Crippen LogP contribution in [0.25, 0.3) is 6.08 Å². The van der Waals surface area contributed by atoms with E-state index in [9.17, 15) is 4.79 Å². The van der Waals surface area contributed by atoms with Crippen LogP contribution in [0.3, 0.4) is 0 Å². The summed E-state index contributed by atoms with van der Waals surface area (Å²) in [5.74, 6) is 0.564. The van der Waals surface area contributed by atoms with Gasteiger partial charge in [0.05, 0.1) is 5.69 Å². The Hall–Kier alpha value is -1.97. The average Bonchev–Trinajstić information content (AvgIpc) is 2.59. The maximum Gasteiger partial charge on any atom is 0.363 e.